The van der Waals surface area contributed by atoms with E-state index in [2.05, 4.69) is 45.4 Å². The molecule has 0 saturated heterocycles. The van der Waals surface area contributed by atoms with Gasteiger partial charge in [-0.1, -0.05) is 22.0 Å². The summed E-state index contributed by atoms with van der Waals surface area (Å²) in [5.74, 6) is 5.66. The monoisotopic (exact) mass is 311 g/mol. The third-order valence-corrected chi connectivity index (χ3v) is 4.00. The molecule has 0 aliphatic heterocycles. The number of thiazole rings is 1. The van der Waals surface area contributed by atoms with Crippen LogP contribution in [0.3, 0.4) is 0 Å². The summed E-state index contributed by atoms with van der Waals surface area (Å²) in [7, 11) is 0. The molecule has 0 spiro atoms. The minimum atomic E-state index is 0.118. The number of hydrogen-bond donors (Lipinski definition) is 2. The maximum Gasteiger partial charge on any atom is 0.0794 e. The minimum Gasteiger partial charge on any atom is -0.271 e. The van der Waals surface area contributed by atoms with Crippen molar-refractivity contribution < 1.29 is 0 Å². The summed E-state index contributed by atoms with van der Waals surface area (Å²) in [6.45, 7) is 2.10. The van der Waals surface area contributed by atoms with Gasteiger partial charge in [-0.15, -0.1) is 11.3 Å². The Morgan fingerprint density at radius 1 is 1.53 bits per heavy atom. The Labute approximate surface area is 113 Å². The van der Waals surface area contributed by atoms with Gasteiger partial charge in [0.1, 0.15) is 0 Å². The molecule has 1 atom stereocenters. The Balaban J connectivity index is 2.25. The van der Waals surface area contributed by atoms with Gasteiger partial charge in [0.25, 0.3) is 0 Å². The van der Waals surface area contributed by atoms with Crippen molar-refractivity contribution >= 4 is 27.3 Å². The Hall–Kier alpha value is -0.750. The smallest absolute Gasteiger partial charge is 0.0794 e. The number of nitrogens with two attached hydrogens (primary N) is 1. The number of aryl methyl sites for hydroxylation is 1. The number of halogens is 1. The van der Waals surface area contributed by atoms with E-state index >= 15 is 0 Å². The third kappa shape index (κ3) is 3.13. The molecule has 1 aromatic heterocycles. The molecule has 17 heavy (non-hydrogen) atoms. The van der Waals surface area contributed by atoms with Crippen molar-refractivity contribution in [1.29, 1.82) is 0 Å². The highest BCUT2D eigenvalue weighted by atomic mass is 79.9. The van der Waals surface area contributed by atoms with Gasteiger partial charge < -0.3 is 0 Å². The molecule has 0 amide bonds. The van der Waals surface area contributed by atoms with Crippen LogP contribution in [-0.4, -0.2) is 4.98 Å². The minimum absolute atomic E-state index is 0.118. The van der Waals surface area contributed by atoms with Gasteiger partial charge in [0.15, 0.2) is 0 Å². The van der Waals surface area contributed by atoms with Crippen LogP contribution in [0.5, 0.6) is 0 Å². The van der Waals surface area contributed by atoms with Gasteiger partial charge in [-0.3, -0.25) is 16.3 Å². The molecule has 0 aliphatic carbocycles. The fourth-order valence-electron chi connectivity index (χ4n) is 1.79. The average molecular weight is 312 g/mol. The molecule has 1 aromatic carbocycles. The van der Waals surface area contributed by atoms with Gasteiger partial charge in [0.2, 0.25) is 0 Å². The lowest BCUT2D eigenvalue weighted by atomic mass is 9.99. The van der Waals surface area contributed by atoms with Gasteiger partial charge in [0, 0.05) is 22.0 Å². The summed E-state index contributed by atoms with van der Waals surface area (Å²) in [6.07, 6.45) is 2.75. The maximum atomic E-state index is 5.66. The van der Waals surface area contributed by atoms with Crippen molar-refractivity contribution in [3.8, 4) is 0 Å². The first-order valence-corrected chi connectivity index (χ1v) is 6.97. The summed E-state index contributed by atoms with van der Waals surface area (Å²) >= 11 is 5.15. The first-order valence-electron chi connectivity index (χ1n) is 5.30. The first kappa shape index (κ1) is 12.7. The Bertz CT molecular complexity index is 485. The standard InChI is InChI=1S/C12H14BrN3S/c1-8-2-3-9(13)4-11(8)12(16-14)5-10-6-15-7-17-10/h2-4,6-7,12,16H,5,14H2,1H3. The fourth-order valence-corrected chi connectivity index (χ4v) is 2.81. The lowest BCUT2D eigenvalue weighted by molar-refractivity contribution is 0.552. The van der Waals surface area contributed by atoms with E-state index in [0.717, 1.165) is 10.9 Å². The van der Waals surface area contributed by atoms with Crippen LogP contribution >= 0.6 is 27.3 Å². The van der Waals surface area contributed by atoms with Crippen LogP contribution < -0.4 is 11.3 Å². The molecular weight excluding hydrogens is 298 g/mol. The van der Waals surface area contributed by atoms with Crippen LogP contribution in [0.25, 0.3) is 0 Å². The van der Waals surface area contributed by atoms with Crippen LogP contribution in [0.1, 0.15) is 22.0 Å². The summed E-state index contributed by atoms with van der Waals surface area (Å²) in [5.41, 5.74) is 7.18. The van der Waals surface area contributed by atoms with Crippen LogP contribution in [-0.2, 0) is 6.42 Å². The van der Waals surface area contributed by atoms with Crippen molar-refractivity contribution in [2.45, 2.75) is 19.4 Å². The van der Waals surface area contributed by atoms with Crippen molar-refractivity contribution in [3.63, 3.8) is 0 Å². The largest absolute Gasteiger partial charge is 0.271 e. The van der Waals surface area contributed by atoms with E-state index in [9.17, 15) is 0 Å². The van der Waals surface area contributed by atoms with Crippen LogP contribution in [0.2, 0.25) is 0 Å². The lowest BCUT2D eigenvalue weighted by Crippen LogP contribution is -2.29. The Morgan fingerprint density at radius 2 is 2.35 bits per heavy atom. The van der Waals surface area contributed by atoms with Crippen molar-refractivity contribution in [3.05, 3.63) is 50.4 Å². The van der Waals surface area contributed by atoms with Gasteiger partial charge in [-0.2, -0.15) is 0 Å². The van der Waals surface area contributed by atoms with Crippen molar-refractivity contribution in [1.82, 2.24) is 10.4 Å². The molecule has 3 nitrogen and oxygen atoms in total. The molecule has 0 saturated carbocycles. The van der Waals surface area contributed by atoms with E-state index in [0.29, 0.717) is 0 Å². The van der Waals surface area contributed by atoms with Crippen LogP contribution in [0.4, 0.5) is 0 Å². The Kier molecular flexibility index (Phi) is 4.28. The zero-order valence-electron chi connectivity index (χ0n) is 9.48. The molecule has 0 fully saturated rings. The predicted molar refractivity (Wildman–Crippen MR) is 74.8 cm³/mol. The van der Waals surface area contributed by atoms with Crippen molar-refractivity contribution in [2.75, 3.05) is 0 Å². The van der Waals surface area contributed by atoms with E-state index in [1.54, 1.807) is 11.3 Å². The van der Waals surface area contributed by atoms with Gasteiger partial charge in [-0.25, -0.2) is 0 Å². The van der Waals surface area contributed by atoms with E-state index in [-0.39, 0.29) is 6.04 Å². The molecule has 2 aromatic rings. The number of nitrogens with zero attached hydrogens (tertiary/aromatic N) is 1. The van der Waals surface area contributed by atoms with Crippen LogP contribution in [0, 0.1) is 6.92 Å². The second-order valence-electron chi connectivity index (χ2n) is 3.89. The second kappa shape index (κ2) is 5.73. The molecule has 0 radical (unpaired) electrons. The maximum absolute atomic E-state index is 5.66. The highest BCUT2D eigenvalue weighted by molar-refractivity contribution is 9.10. The lowest BCUT2D eigenvalue weighted by Gasteiger charge is -2.18. The highest BCUT2D eigenvalue weighted by Gasteiger charge is 2.14. The molecule has 0 aliphatic rings. The average Bonchev–Trinajstić information content (AvgIpc) is 2.82. The number of hydrazine groups is 1. The molecule has 1 heterocycles. The first-order chi connectivity index (χ1) is 8.20. The zero-order chi connectivity index (χ0) is 12.3. The number of benzene rings is 1. The summed E-state index contributed by atoms with van der Waals surface area (Å²) in [5, 5.41) is 0. The fraction of sp³-hybridized carbons (Fsp3) is 0.250. The van der Waals surface area contributed by atoms with E-state index in [1.165, 1.54) is 16.0 Å². The SMILES string of the molecule is Cc1ccc(Br)cc1C(Cc1cncs1)NN. The number of hydrogen-bond acceptors (Lipinski definition) is 4. The van der Waals surface area contributed by atoms with Gasteiger partial charge in [-0.05, 0) is 30.2 Å². The molecule has 90 valence electrons. The van der Waals surface area contributed by atoms with E-state index < -0.39 is 0 Å². The topological polar surface area (TPSA) is 50.9 Å². The van der Waals surface area contributed by atoms with Gasteiger partial charge >= 0.3 is 0 Å². The molecule has 1 unspecified atom stereocenters. The highest BCUT2D eigenvalue weighted by Crippen LogP contribution is 2.25. The third-order valence-electron chi connectivity index (χ3n) is 2.71. The summed E-state index contributed by atoms with van der Waals surface area (Å²) < 4.78 is 1.07. The number of aromatic nitrogens is 1. The Morgan fingerprint density at radius 3 is 3.00 bits per heavy atom. The zero-order valence-corrected chi connectivity index (χ0v) is 11.9. The van der Waals surface area contributed by atoms with Crippen molar-refractivity contribution in [2.24, 2.45) is 5.84 Å². The second-order valence-corrected chi connectivity index (χ2v) is 5.78. The predicted octanol–water partition coefficient (Wildman–Crippen LogP) is 2.96. The molecule has 2 rings (SSSR count). The molecular formula is C12H14BrN3S. The van der Waals surface area contributed by atoms with E-state index in [4.69, 9.17) is 5.84 Å². The van der Waals surface area contributed by atoms with E-state index in [1.807, 2.05) is 17.8 Å². The summed E-state index contributed by atoms with van der Waals surface area (Å²) in [4.78, 5) is 5.31. The van der Waals surface area contributed by atoms with Crippen LogP contribution in [0.15, 0.2) is 34.4 Å². The molecule has 5 heteroatoms. The van der Waals surface area contributed by atoms with Gasteiger partial charge in [0.05, 0.1) is 11.6 Å². The quantitative estimate of drug-likeness (QED) is 0.674. The molecule has 3 N–H and O–H groups in total. The normalized spacial score (nSPS) is 12.6. The molecule has 0 bridgehead atoms. The number of rotatable bonds is 4. The summed E-state index contributed by atoms with van der Waals surface area (Å²) in [6, 6.07) is 6.36. The number of nitrogens with one attached hydrogen (secondary N) is 1.